The summed E-state index contributed by atoms with van der Waals surface area (Å²) < 4.78 is 0. The maximum absolute atomic E-state index is 11.6. The van der Waals surface area contributed by atoms with Crippen LogP contribution in [-0.2, 0) is 11.3 Å². The van der Waals surface area contributed by atoms with Crippen molar-refractivity contribution in [3.63, 3.8) is 0 Å². The van der Waals surface area contributed by atoms with Crippen LogP contribution in [0.2, 0.25) is 5.02 Å². The van der Waals surface area contributed by atoms with Crippen LogP contribution < -0.4 is 10.6 Å². The summed E-state index contributed by atoms with van der Waals surface area (Å²) in [5, 5.41) is 6.59. The third-order valence-corrected chi connectivity index (χ3v) is 5.10. The summed E-state index contributed by atoms with van der Waals surface area (Å²) in [4.78, 5) is 33.7. The Balaban J connectivity index is 0.00000300. The van der Waals surface area contributed by atoms with Gasteiger partial charge >= 0.3 is 6.03 Å². The van der Waals surface area contributed by atoms with Crippen molar-refractivity contribution in [3.05, 3.63) is 34.9 Å². The fraction of sp³-hybridized carbons (Fsp3) is 0.526. The van der Waals surface area contributed by atoms with Crippen molar-refractivity contribution in [2.24, 2.45) is 4.99 Å². The minimum Gasteiger partial charge on any atom is -0.357 e. The molecule has 0 spiro atoms. The highest BCUT2D eigenvalue weighted by atomic mass is 127. The SMILES string of the molecule is CCNC(=NCCN1C(=O)CNC1=O)N1CCN(Cc2ccc(Cl)cc2)CC1.I. The molecule has 8 nitrogen and oxygen atoms in total. The number of amides is 3. The first-order valence-corrected chi connectivity index (χ1v) is 10.0. The molecule has 0 aliphatic carbocycles. The van der Waals surface area contributed by atoms with E-state index >= 15 is 0 Å². The van der Waals surface area contributed by atoms with Crippen LogP contribution >= 0.6 is 35.6 Å². The Kier molecular flexibility index (Phi) is 9.44. The van der Waals surface area contributed by atoms with Gasteiger partial charge in [-0.1, -0.05) is 23.7 Å². The molecule has 0 bridgehead atoms. The lowest BCUT2D eigenvalue weighted by Gasteiger charge is -2.36. The van der Waals surface area contributed by atoms with Crippen molar-refractivity contribution in [1.29, 1.82) is 0 Å². The molecule has 160 valence electrons. The second-order valence-corrected chi connectivity index (χ2v) is 7.27. The van der Waals surface area contributed by atoms with Gasteiger partial charge in [-0.25, -0.2) is 4.79 Å². The Morgan fingerprint density at radius 1 is 1.17 bits per heavy atom. The molecule has 3 amide bonds. The van der Waals surface area contributed by atoms with Gasteiger partial charge in [0.15, 0.2) is 5.96 Å². The maximum Gasteiger partial charge on any atom is 0.324 e. The highest BCUT2D eigenvalue weighted by molar-refractivity contribution is 14.0. The number of imide groups is 1. The third-order valence-electron chi connectivity index (χ3n) is 4.85. The number of carbonyl (C=O) groups is 2. The van der Waals surface area contributed by atoms with Crippen LogP contribution in [0.1, 0.15) is 12.5 Å². The van der Waals surface area contributed by atoms with Crippen molar-refractivity contribution >= 4 is 53.5 Å². The van der Waals surface area contributed by atoms with Crippen LogP contribution in [-0.4, -0.2) is 85.0 Å². The number of hydrogen-bond donors (Lipinski definition) is 2. The van der Waals surface area contributed by atoms with Gasteiger partial charge in [-0.15, -0.1) is 24.0 Å². The summed E-state index contributed by atoms with van der Waals surface area (Å²) in [6, 6.07) is 7.65. The van der Waals surface area contributed by atoms with Crippen LogP contribution in [0.5, 0.6) is 0 Å². The zero-order chi connectivity index (χ0) is 19.9. The van der Waals surface area contributed by atoms with Gasteiger partial charge < -0.3 is 15.5 Å². The van der Waals surface area contributed by atoms with E-state index in [2.05, 4.69) is 37.6 Å². The van der Waals surface area contributed by atoms with Crippen molar-refractivity contribution in [1.82, 2.24) is 25.3 Å². The number of halogens is 2. The first-order chi connectivity index (χ1) is 13.6. The zero-order valence-corrected chi connectivity index (χ0v) is 19.7. The van der Waals surface area contributed by atoms with Gasteiger partial charge in [0, 0.05) is 44.3 Å². The van der Waals surface area contributed by atoms with E-state index in [1.165, 1.54) is 10.5 Å². The Hall–Kier alpha value is -1.59. The Bertz CT molecular complexity index is 706. The Morgan fingerprint density at radius 2 is 1.86 bits per heavy atom. The van der Waals surface area contributed by atoms with Gasteiger partial charge in [0.25, 0.3) is 0 Å². The van der Waals surface area contributed by atoms with E-state index in [0.717, 1.165) is 50.3 Å². The number of guanidine groups is 1. The van der Waals surface area contributed by atoms with E-state index in [1.54, 1.807) is 0 Å². The number of rotatable bonds is 6. The first kappa shape index (κ1) is 23.7. The minimum absolute atomic E-state index is 0. The number of hydrogen-bond acceptors (Lipinski definition) is 4. The quantitative estimate of drug-likeness (QED) is 0.251. The maximum atomic E-state index is 11.6. The zero-order valence-electron chi connectivity index (χ0n) is 16.6. The molecular weight excluding hydrogens is 507 g/mol. The van der Waals surface area contributed by atoms with Gasteiger partial charge in [0.05, 0.1) is 19.6 Å². The van der Waals surface area contributed by atoms with Crippen LogP contribution in [0, 0.1) is 0 Å². The number of carbonyl (C=O) groups excluding carboxylic acids is 2. The van der Waals surface area contributed by atoms with Crippen LogP contribution in [0.3, 0.4) is 0 Å². The number of urea groups is 1. The molecule has 1 aromatic rings. The molecular formula is C19H28ClIN6O2. The summed E-state index contributed by atoms with van der Waals surface area (Å²) in [6.45, 7) is 8.13. The van der Waals surface area contributed by atoms with Crippen molar-refractivity contribution in [2.45, 2.75) is 13.5 Å². The standard InChI is InChI=1S/C19H27ClN6O2.HI/c1-2-21-18(22-7-8-26-17(27)13-23-19(26)28)25-11-9-24(10-12-25)14-15-3-5-16(20)6-4-15;/h3-6H,2,7-14H2,1H3,(H,21,22)(H,23,28);1H. The molecule has 3 rings (SSSR count). The largest absolute Gasteiger partial charge is 0.357 e. The average molecular weight is 535 g/mol. The molecule has 0 saturated carbocycles. The molecule has 2 aliphatic rings. The van der Waals surface area contributed by atoms with E-state index in [0.29, 0.717) is 13.1 Å². The average Bonchev–Trinajstić information content (AvgIpc) is 3.02. The fourth-order valence-corrected chi connectivity index (χ4v) is 3.46. The molecule has 2 heterocycles. The molecule has 29 heavy (non-hydrogen) atoms. The van der Waals surface area contributed by atoms with E-state index < -0.39 is 0 Å². The number of nitrogens with one attached hydrogen (secondary N) is 2. The second-order valence-electron chi connectivity index (χ2n) is 6.83. The van der Waals surface area contributed by atoms with Crippen LogP contribution in [0.25, 0.3) is 0 Å². The summed E-state index contributed by atoms with van der Waals surface area (Å²) >= 11 is 5.95. The number of piperazine rings is 1. The molecule has 2 fully saturated rings. The van der Waals surface area contributed by atoms with Gasteiger partial charge in [0.1, 0.15) is 0 Å². The number of benzene rings is 1. The van der Waals surface area contributed by atoms with Crippen LogP contribution in [0.4, 0.5) is 4.79 Å². The minimum atomic E-state index is -0.332. The first-order valence-electron chi connectivity index (χ1n) is 9.65. The smallest absolute Gasteiger partial charge is 0.324 e. The van der Waals surface area contributed by atoms with Crippen molar-refractivity contribution < 1.29 is 9.59 Å². The lowest BCUT2D eigenvalue weighted by molar-refractivity contribution is -0.124. The highest BCUT2D eigenvalue weighted by Gasteiger charge is 2.27. The predicted octanol–water partition coefficient (Wildman–Crippen LogP) is 1.59. The number of nitrogens with zero attached hydrogens (tertiary/aromatic N) is 4. The second kappa shape index (κ2) is 11.6. The fourth-order valence-electron chi connectivity index (χ4n) is 3.33. The Morgan fingerprint density at radius 3 is 2.45 bits per heavy atom. The van der Waals surface area contributed by atoms with Crippen molar-refractivity contribution in [3.8, 4) is 0 Å². The van der Waals surface area contributed by atoms with Gasteiger partial charge in [0.2, 0.25) is 5.91 Å². The van der Waals surface area contributed by atoms with E-state index in [-0.39, 0.29) is 42.5 Å². The van der Waals surface area contributed by atoms with Gasteiger partial charge in [-0.3, -0.25) is 19.6 Å². The lowest BCUT2D eigenvalue weighted by atomic mass is 10.2. The van der Waals surface area contributed by atoms with Gasteiger partial charge in [-0.05, 0) is 24.6 Å². The van der Waals surface area contributed by atoms with Crippen molar-refractivity contribution in [2.75, 3.05) is 52.4 Å². The summed E-state index contributed by atoms with van der Waals surface area (Å²) in [5.74, 6) is 0.640. The normalized spacial score (nSPS) is 17.9. The molecule has 2 saturated heterocycles. The van der Waals surface area contributed by atoms with Crippen LogP contribution in [0.15, 0.2) is 29.3 Å². The predicted molar refractivity (Wildman–Crippen MR) is 125 cm³/mol. The molecule has 10 heteroatoms. The molecule has 0 radical (unpaired) electrons. The summed E-state index contributed by atoms with van der Waals surface area (Å²) in [7, 11) is 0. The molecule has 2 N–H and O–H groups in total. The lowest BCUT2D eigenvalue weighted by Crippen LogP contribution is -2.52. The molecule has 1 aromatic carbocycles. The molecule has 0 unspecified atom stereocenters. The topological polar surface area (TPSA) is 80.3 Å². The Labute approximate surface area is 193 Å². The summed E-state index contributed by atoms with van der Waals surface area (Å²) in [5.41, 5.74) is 1.26. The molecule has 0 aromatic heterocycles. The third kappa shape index (κ3) is 6.71. The molecule has 0 atom stereocenters. The van der Waals surface area contributed by atoms with E-state index in [1.807, 2.05) is 19.1 Å². The summed E-state index contributed by atoms with van der Waals surface area (Å²) in [6.07, 6.45) is 0. The van der Waals surface area contributed by atoms with E-state index in [4.69, 9.17) is 11.6 Å². The molecule has 2 aliphatic heterocycles. The number of aliphatic imine (C=N–C) groups is 1. The highest BCUT2D eigenvalue weighted by Crippen LogP contribution is 2.13. The van der Waals surface area contributed by atoms with Gasteiger partial charge in [-0.2, -0.15) is 0 Å². The monoisotopic (exact) mass is 534 g/mol. The van der Waals surface area contributed by atoms with E-state index in [9.17, 15) is 9.59 Å².